The molecular formula is C24H27Br2N3O3. The Hall–Kier alpha value is -2.19. The third-order valence-corrected chi connectivity index (χ3v) is 6.44. The summed E-state index contributed by atoms with van der Waals surface area (Å²) in [5, 5.41) is 5.05. The molecule has 3 rings (SSSR count). The maximum atomic E-state index is 13.3. The molecule has 3 aromatic rings. The molecule has 170 valence electrons. The average molecular weight is 565 g/mol. The Labute approximate surface area is 204 Å². The predicted molar refractivity (Wildman–Crippen MR) is 136 cm³/mol. The van der Waals surface area contributed by atoms with Crippen LogP contribution in [-0.2, 0) is 0 Å². The minimum absolute atomic E-state index is 0.0550. The van der Waals surface area contributed by atoms with E-state index in [2.05, 4.69) is 50.8 Å². The highest BCUT2D eigenvalue weighted by atomic mass is 79.9. The van der Waals surface area contributed by atoms with Crippen molar-refractivity contribution in [3.8, 4) is 11.5 Å². The minimum Gasteiger partial charge on any atom is -0.493 e. The highest BCUT2D eigenvalue weighted by Crippen LogP contribution is 2.37. The minimum atomic E-state index is -0.203. The fraction of sp³-hybridized carbons (Fsp3) is 0.375. The van der Waals surface area contributed by atoms with E-state index >= 15 is 0 Å². The van der Waals surface area contributed by atoms with Gasteiger partial charge in [0.25, 0.3) is 5.56 Å². The van der Waals surface area contributed by atoms with Crippen molar-refractivity contribution in [1.29, 1.82) is 0 Å². The maximum absolute atomic E-state index is 13.3. The summed E-state index contributed by atoms with van der Waals surface area (Å²) in [6.07, 6.45) is 3.41. The van der Waals surface area contributed by atoms with Crippen LogP contribution < -0.4 is 15.0 Å². The Kier molecular flexibility index (Phi) is 8.11. The summed E-state index contributed by atoms with van der Waals surface area (Å²) in [7, 11) is 1.60. The van der Waals surface area contributed by atoms with Crippen molar-refractivity contribution in [3.05, 3.63) is 61.0 Å². The molecule has 0 aliphatic rings. The van der Waals surface area contributed by atoms with Crippen molar-refractivity contribution in [2.24, 2.45) is 5.10 Å². The third kappa shape index (κ3) is 5.23. The second-order valence-electron chi connectivity index (χ2n) is 7.67. The molecule has 2 atom stereocenters. The zero-order valence-corrected chi connectivity index (χ0v) is 22.0. The smallest absolute Gasteiger partial charge is 0.282 e. The molecule has 0 saturated heterocycles. The Morgan fingerprint density at radius 3 is 2.56 bits per heavy atom. The molecule has 0 radical (unpaired) electrons. The summed E-state index contributed by atoms with van der Waals surface area (Å²) in [6.45, 7) is 8.18. The quantitative estimate of drug-likeness (QED) is 0.293. The lowest BCUT2D eigenvalue weighted by Gasteiger charge is -2.17. The zero-order chi connectivity index (χ0) is 23.4. The number of benzene rings is 2. The molecule has 1 aromatic heterocycles. The topological polar surface area (TPSA) is 65.7 Å². The molecule has 0 N–H and O–H groups in total. The summed E-state index contributed by atoms with van der Waals surface area (Å²) < 4.78 is 14.5. The van der Waals surface area contributed by atoms with Gasteiger partial charge in [0.2, 0.25) is 0 Å². The van der Waals surface area contributed by atoms with Gasteiger partial charge in [0.1, 0.15) is 5.82 Å². The van der Waals surface area contributed by atoms with E-state index in [-0.39, 0.29) is 17.6 Å². The van der Waals surface area contributed by atoms with Crippen LogP contribution >= 0.6 is 31.9 Å². The molecular weight excluding hydrogens is 538 g/mol. The first-order valence-corrected chi connectivity index (χ1v) is 12.2. The molecule has 0 aliphatic carbocycles. The molecule has 8 heteroatoms. The van der Waals surface area contributed by atoms with Crippen LogP contribution in [0.25, 0.3) is 10.9 Å². The lowest BCUT2D eigenvalue weighted by molar-refractivity contribution is 0.206. The van der Waals surface area contributed by atoms with Crippen molar-refractivity contribution < 1.29 is 9.47 Å². The second kappa shape index (κ2) is 10.6. The van der Waals surface area contributed by atoms with E-state index in [4.69, 9.17) is 14.5 Å². The first-order valence-electron chi connectivity index (χ1n) is 10.6. The highest BCUT2D eigenvalue weighted by Gasteiger charge is 2.17. The van der Waals surface area contributed by atoms with Crippen molar-refractivity contribution in [2.75, 3.05) is 7.11 Å². The van der Waals surface area contributed by atoms with Gasteiger partial charge < -0.3 is 9.47 Å². The van der Waals surface area contributed by atoms with Gasteiger partial charge in [-0.25, -0.2) is 4.98 Å². The monoisotopic (exact) mass is 563 g/mol. The van der Waals surface area contributed by atoms with Gasteiger partial charge in [-0.15, -0.1) is 0 Å². The number of fused-ring (bicyclic) bond motifs is 1. The summed E-state index contributed by atoms with van der Waals surface area (Å²) >= 11 is 7.01. The zero-order valence-electron chi connectivity index (χ0n) is 18.9. The van der Waals surface area contributed by atoms with Gasteiger partial charge in [0, 0.05) is 10.4 Å². The maximum Gasteiger partial charge on any atom is 0.282 e. The second-order valence-corrected chi connectivity index (χ2v) is 9.44. The van der Waals surface area contributed by atoms with E-state index in [0.29, 0.717) is 28.2 Å². The SMILES string of the molecule is CC[C@@H](C)c1nc2ccc(Br)cc2c(=O)n1N=Cc1cc(Br)c(O[C@@H](C)CC)c(OC)c1. The van der Waals surface area contributed by atoms with Gasteiger partial charge in [-0.2, -0.15) is 9.78 Å². The molecule has 0 bridgehead atoms. The molecule has 6 nitrogen and oxygen atoms in total. The average Bonchev–Trinajstić information content (AvgIpc) is 2.79. The van der Waals surface area contributed by atoms with Crippen molar-refractivity contribution >= 4 is 49.0 Å². The van der Waals surface area contributed by atoms with Gasteiger partial charge in [0.05, 0.1) is 34.8 Å². The molecule has 0 aliphatic heterocycles. The van der Waals surface area contributed by atoms with Gasteiger partial charge in [-0.1, -0.05) is 36.7 Å². The molecule has 32 heavy (non-hydrogen) atoms. The first-order chi connectivity index (χ1) is 15.3. The van der Waals surface area contributed by atoms with Crippen LogP contribution in [-0.4, -0.2) is 29.1 Å². The fourth-order valence-corrected chi connectivity index (χ4v) is 4.03. The number of ether oxygens (including phenoxy) is 2. The Morgan fingerprint density at radius 2 is 1.91 bits per heavy atom. The number of methoxy groups -OCH3 is 1. The Bertz CT molecular complexity index is 1210. The van der Waals surface area contributed by atoms with Crippen molar-refractivity contribution in [3.63, 3.8) is 0 Å². The number of hydrogen-bond acceptors (Lipinski definition) is 5. The van der Waals surface area contributed by atoms with E-state index in [9.17, 15) is 4.79 Å². The normalized spacial score (nSPS) is 13.5. The van der Waals surface area contributed by atoms with Crippen LogP contribution in [0.2, 0.25) is 0 Å². The number of halogens is 2. The summed E-state index contributed by atoms with van der Waals surface area (Å²) in [5.74, 6) is 1.94. The van der Waals surface area contributed by atoms with Crippen LogP contribution in [0.3, 0.4) is 0 Å². The van der Waals surface area contributed by atoms with E-state index in [1.165, 1.54) is 4.68 Å². The summed E-state index contributed by atoms with van der Waals surface area (Å²) in [4.78, 5) is 18.0. The lowest BCUT2D eigenvalue weighted by atomic mass is 10.1. The van der Waals surface area contributed by atoms with Gasteiger partial charge in [-0.3, -0.25) is 4.79 Å². The Morgan fingerprint density at radius 1 is 1.16 bits per heavy atom. The van der Waals surface area contributed by atoms with Crippen LogP contribution in [0.5, 0.6) is 11.5 Å². The molecule has 0 saturated carbocycles. The van der Waals surface area contributed by atoms with E-state index in [0.717, 1.165) is 27.4 Å². The number of hydrogen-bond donors (Lipinski definition) is 0. The highest BCUT2D eigenvalue weighted by molar-refractivity contribution is 9.10. The summed E-state index contributed by atoms with van der Waals surface area (Å²) in [5.41, 5.74) is 1.23. The molecule has 1 heterocycles. The van der Waals surface area contributed by atoms with E-state index in [1.54, 1.807) is 19.4 Å². The molecule has 0 amide bonds. The van der Waals surface area contributed by atoms with Crippen molar-refractivity contribution in [1.82, 2.24) is 9.66 Å². The molecule has 0 unspecified atom stereocenters. The fourth-order valence-electron chi connectivity index (χ4n) is 3.12. The van der Waals surface area contributed by atoms with Gasteiger partial charge >= 0.3 is 0 Å². The van der Waals surface area contributed by atoms with Crippen LogP contribution in [0.4, 0.5) is 0 Å². The predicted octanol–water partition coefficient (Wildman–Crippen LogP) is 6.50. The number of nitrogens with zero attached hydrogens (tertiary/aromatic N) is 3. The Balaban J connectivity index is 2.10. The van der Waals surface area contributed by atoms with Crippen LogP contribution in [0.15, 0.2) is 49.2 Å². The molecule has 2 aromatic carbocycles. The van der Waals surface area contributed by atoms with E-state index in [1.807, 2.05) is 38.1 Å². The van der Waals surface area contributed by atoms with Crippen LogP contribution in [0, 0.1) is 0 Å². The van der Waals surface area contributed by atoms with Crippen molar-refractivity contribution in [2.45, 2.75) is 52.6 Å². The number of aromatic nitrogens is 2. The molecule has 0 spiro atoms. The number of rotatable bonds is 8. The summed E-state index contributed by atoms with van der Waals surface area (Å²) in [6, 6.07) is 9.24. The van der Waals surface area contributed by atoms with Gasteiger partial charge in [-0.05, 0) is 71.6 Å². The third-order valence-electron chi connectivity index (χ3n) is 5.35. The van der Waals surface area contributed by atoms with Crippen LogP contribution in [0.1, 0.15) is 57.8 Å². The lowest BCUT2D eigenvalue weighted by Crippen LogP contribution is -2.23. The largest absolute Gasteiger partial charge is 0.493 e. The van der Waals surface area contributed by atoms with Gasteiger partial charge in [0.15, 0.2) is 11.5 Å². The standard InChI is InChI=1S/C24H27Br2N3O3/c1-6-14(3)23-28-20-9-8-17(25)12-18(20)24(30)29(23)27-13-16-10-19(26)22(21(11-16)31-5)32-15(4)7-2/h8-15H,6-7H2,1-5H3/t14-,15+/m1/s1. The van der Waals surface area contributed by atoms with E-state index < -0.39 is 0 Å². The molecule has 0 fully saturated rings. The first kappa shape index (κ1) is 24.5.